The molecule has 0 fully saturated rings. The van der Waals surface area contributed by atoms with Crippen LogP contribution in [0.4, 0.5) is 0 Å². The highest BCUT2D eigenvalue weighted by atomic mass is 16.5. The maximum Gasteiger partial charge on any atom is 0.342 e. The number of esters is 1. The quantitative estimate of drug-likeness (QED) is 0.314. The molecule has 11 nitrogen and oxygen atoms in total. The van der Waals surface area contributed by atoms with Crippen LogP contribution in [0.15, 0.2) is 28.9 Å². The van der Waals surface area contributed by atoms with E-state index in [4.69, 9.17) is 19.4 Å². The second-order valence-electron chi connectivity index (χ2n) is 6.92. The predicted octanol–water partition coefficient (Wildman–Crippen LogP) is 0.450. The van der Waals surface area contributed by atoms with E-state index in [0.717, 1.165) is 0 Å². The molecule has 0 bridgehead atoms. The molecule has 1 aliphatic carbocycles. The van der Waals surface area contributed by atoms with Crippen molar-refractivity contribution in [3.63, 3.8) is 0 Å². The first-order valence-corrected chi connectivity index (χ1v) is 9.47. The SMILES string of the molecule is Cc1oc2c(c1C(=O)OCCc1cn(CCC(O)O)nn1)C(=O)c1ncccc1C2=O. The maximum absolute atomic E-state index is 12.9. The average molecular weight is 426 g/mol. The zero-order valence-corrected chi connectivity index (χ0v) is 16.4. The van der Waals surface area contributed by atoms with E-state index in [0.29, 0.717) is 5.69 Å². The van der Waals surface area contributed by atoms with Crippen molar-refractivity contribution in [3.05, 3.63) is 64.1 Å². The predicted molar refractivity (Wildman–Crippen MR) is 101 cm³/mol. The summed E-state index contributed by atoms with van der Waals surface area (Å²) in [6.07, 6.45) is 1.92. The standard InChI is InChI=1S/C20H18N4O7/c1-10-14(15-18(28)16-12(3-2-6-21-16)17(27)19(15)31-10)20(29)30-8-5-11-9-24(23-22-11)7-4-13(25)26/h2-3,6,9,13,25-26H,4-5,7-8H2,1H3. The number of aromatic nitrogens is 4. The van der Waals surface area contributed by atoms with E-state index in [2.05, 4.69) is 15.3 Å². The minimum Gasteiger partial charge on any atom is -0.462 e. The molecule has 11 heteroatoms. The molecular weight excluding hydrogens is 408 g/mol. The largest absolute Gasteiger partial charge is 0.462 e. The number of nitrogens with zero attached hydrogens (tertiary/aromatic N) is 4. The molecule has 1 aliphatic rings. The lowest BCUT2D eigenvalue weighted by molar-refractivity contribution is -0.0483. The highest BCUT2D eigenvalue weighted by Crippen LogP contribution is 2.32. The molecule has 2 N–H and O–H groups in total. The van der Waals surface area contributed by atoms with Crippen LogP contribution in [-0.4, -0.2) is 60.6 Å². The molecule has 0 saturated heterocycles. The molecule has 0 amide bonds. The van der Waals surface area contributed by atoms with Crippen LogP contribution in [0.5, 0.6) is 0 Å². The molecule has 0 aliphatic heterocycles. The summed E-state index contributed by atoms with van der Waals surface area (Å²) in [4.78, 5) is 42.2. The van der Waals surface area contributed by atoms with E-state index < -0.39 is 23.8 Å². The van der Waals surface area contributed by atoms with Gasteiger partial charge in [0.2, 0.25) is 11.6 Å². The van der Waals surface area contributed by atoms with Gasteiger partial charge in [-0.3, -0.25) is 19.3 Å². The van der Waals surface area contributed by atoms with Gasteiger partial charge < -0.3 is 19.4 Å². The van der Waals surface area contributed by atoms with Gasteiger partial charge in [-0.1, -0.05) is 5.21 Å². The molecule has 3 aromatic rings. The summed E-state index contributed by atoms with van der Waals surface area (Å²) < 4.78 is 12.2. The fourth-order valence-electron chi connectivity index (χ4n) is 3.31. The Morgan fingerprint density at radius 3 is 2.87 bits per heavy atom. The van der Waals surface area contributed by atoms with Crippen molar-refractivity contribution in [1.82, 2.24) is 20.0 Å². The number of ether oxygens (including phenoxy) is 1. The van der Waals surface area contributed by atoms with Gasteiger partial charge in [-0.15, -0.1) is 5.10 Å². The Morgan fingerprint density at radius 1 is 1.29 bits per heavy atom. The molecule has 3 heterocycles. The fraction of sp³-hybridized carbons (Fsp3) is 0.300. The van der Waals surface area contributed by atoms with Crippen molar-refractivity contribution in [2.45, 2.75) is 32.6 Å². The number of carbonyl (C=O) groups excluding carboxylic acids is 3. The molecule has 3 aromatic heterocycles. The summed E-state index contributed by atoms with van der Waals surface area (Å²) in [5, 5.41) is 25.5. The Morgan fingerprint density at radius 2 is 2.10 bits per heavy atom. The lowest BCUT2D eigenvalue weighted by Crippen LogP contribution is -2.23. The van der Waals surface area contributed by atoms with Crippen LogP contribution in [0.2, 0.25) is 0 Å². The summed E-state index contributed by atoms with van der Waals surface area (Å²) in [5.74, 6) is -1.95. The molecule has 0 spiro atoms. The van der Waals surface area contributed by atoms with Gasteiger partial charge in [-0.05, 0) is 19.1 Å². The molecule has 4 rings (SSSR count). The van der Waals surface area contributed by atoms with E-state index in [1.807, 2.05) is 0 Å². The first-order chi connectivity index (χ1) is 14.9. The summed E-state index contributed by atoms with van der Waals surface area (Å²) in [6.45, 7) is 1.71. The van der Waals surface area contributed by atoms with Crippen molar-refractivity contribution >= 4 is 17.5 Å². The Balaban J connectivity index is 1.46. The molecular formula is C20H18N4O7. The van der Waals surface area contributed by atoms with Crippen LogP contribution in [0.1, 0.15) is 60.4 Å². The van der Waals surface area contributed by atoms with Gasteiger partial charge in [-0.2, -0.15) is 0 Å². The molecule has 0 saturated carbocycles. The zero-order valence-electron chi connectivity index (χ0n) is 16.4. The van der Waals surface area contributed by atoms with Crippen molar-refractivity contribution < 1.29 is 33.8 Å². The number of aryl methyl sites for hydroxylation is 2. The summed E-state index contributed by atoms with van der Waals surface area (Å²) in [5.41, 5.74) is 0.415. The Kier molecular flexibility index (Phi) is 5.44. The minimum absolute atomic E-state index is 0.0283. The number of hydrogen-bond acceptors (Lipinski definition) is 10. The number of ketones is 2. The zero-order chi connectivity index (χ0) is 22.1. The van der Waals surface area contributed by atoms with Crippen molar-refractivity contribution in [2.75, 3.05) is 6.61 Å². The molecule has 0 radical (unpaired) electrons. The van der Waals surface area contributed by atoms with Gasteiger partial charge in [0.1, 0.15) is 17.0 Å². The number of pyridine rings is 1. The first kappa shape index (κ1) is 20.6. The van der Waals surface area contributed by atoms with Gasteiger partial charge in [0.15, 0.2) is 12.1 Å². The number of hydrogen-bond donors (Lipinski definition) is 2. The monoisotopic (exact) mass is 426 g/mol. The third-order valence-electron chi connectivity index (χ3n) is 4.78. The Labute approximate surface area is 175 Å². The van der Waals surface area contributed by atoms with Crippen molar-refractivity contribution in [2.24, 2.45) is 0 Å². The molecule has 0 atom stereocenters. The van der Waals surface area contributed by atoms with Gasteiger partial charge in [0.05, 0.1) is 23.4 Å². The van der Waals surface area contributed by atoms with Crippen LogP contribution in [0.3, 0.4) is 0 Å². The van der Waals surface area contributed by atoms with E-state index in [1.54, 1.807) is 12.3 Å². The van der Waals surface area contributed by atoms with Gasteiger partial charge in [0, 0.05) is 31.8 Å². The highest BCUT2D eigenvalue weighted by Gasteiger charge is 2.39. The smallest absolute Gasteiger partial charge is 0.342 e. The minimum atomic E-state index is -1.44. The second-order valence-corrected chi connectivity index (χ2v) is 6.92. The van der Waals surface area contributed by atoms with Crippen LogP contribution < -0.4 is 0 Å². The number of carbonyl (C=O) groups is 3. The number of rotatable bonds is 7. The Hall–Kier alpha value is -3.70. The highest BCUT2D eigenvalue weighted by molar-refractivity contribution is 6.29. The van der Waals surface area contributed by atoms with Crippen molar-refractivity contribution in [1.29, 1.82) is 0 Å². The van der Waals surface area contributed by atoms with Gasteiger partial charge in [0.25, 0.3) is 0 Å². The van der Waals surface area contributed by atoms with Crippen LogP contribution >= 0.6 is 0 Å². The number of aliphatic hydroxyl groups excluding tert-OH is 1. The van der Waals surface area contributed by atoms with Crippen molar-refractivity contribution in [3.8, 4) is 0 Å². The average Bonchev–Trinajstić information content (AvgIpc) is 3.34. The maximum atomic E-state index is 12.9. The number of aliphatic hydroxyl groups is 2. The number of fused-ring (bicyclic) bond motifs is 2. The normalized spacial score (nSPS) is 12.8. The lowest BCUT2D eigenvalue weighted by atomic mass is 9.90. The molecule has 160 valence electrons. The summed E-state index contributed by atoms with van der Waals surface area (Å²) in [7, 11) is 0. The van der Waals surface area contributed by atoms with E-state index in [-0.39, 0.29) is 59.9 Å². The third kappa shape index (κ3) is 3.88. The first-order valence-electron chi connectivity index (χ1n) is 9.47. The summed E-state index contributed by atoms with van der Waals surface area (Å²) >= 11 is 0. The molecule has 0 unspecified atom stereocenters. The molecule has 31 heavy (non-hydrogen) atoms. The fourth-order valence-corrected chi connectivity index (χ4v) is 3.31. The third-order valence-corrected chi connectivity index (χ3v) is 4.78. The van der Waals surface area contributed by atoms with E-state index in [9.17, 15) is 14.4 Å². The van der Waals surface area contributed by atoms with Gasteiger partial charge in [-0.25, -0.2) is 4.79 Å². The van der Waals surface area contributed by atoms with E-state index in [1.165, 1.54) is 23.9 Å². The van der Waals surface area contributed by atoms with E-state index >= 15 is 0 Å². The Bertz CT molecular complexity index is 1180. The second kappa shape index (κ2) is 8.20. The van der Waals surface area contributed by atoms with Crippen LogP contribution in [-0.2, 0) is 17.7 Å². The topological polar surface area (TPSA) is 158 Å². The number of furan rings is 1. The van der Waals surface area contributed by atoms with Gasteiger partial charge >= 0.3 is 5.97 Å². The van der Waals surface area contributed by atoms with Crippen LogP contribution in [0, 0.1) is 6.92 Å². The summed E-state index contributed by atoms with van der Waals surface area (Å²) in [6, 6.07) is 3.03. The van der Waals surface area contributed by atoms with Crippen LogP contribution in [0.25, 0.3) is 0 Å². The lowest BCUT2D eigenvalue weighted by Gasteiger charge is -2.12. The molecule has 0 aromatic carbocycles.